The topological polar surface area (TPSA) is 54.0 Å². The number of hydrogen-bond acceptors (Lipinski definition) is 6. The minimum atomic E-state index is -0.214. The number of hydrogen-bond donors (Lipinski definition) is 1. The number of ether oxygens (including phenoxy) is 2. The van der Waals surface area contributed by atoms with Gasteiger partial charge in [0.15, 0.2) is 0 Å². The van der Waals surface area contributed by atoms with Crippen molar-refractivity contribution in [3.63, 3.8) is 0 Å². The van der Waals surface area contributed by atoms with Crippen molar-refractivity contribution in [1.29, 1.82) is 0 Å². The van der Waals surface area contributed by atoms with E-state index in [1.54, 1.807) is 37.7 Å². The average molecular weight is 468 g/mol. The van der Waals surface area contributed by atoms with Gasteiger partial charge < -0.3 is 14.8 Å². The summed E-state index contributed by atoms with van der Waals surface area (Å²) in [7, 11) is 3.19. The van der Waals surface area contributed by atoms with Crippen molar-refractivity contribution in [3.8, 4) is 11.5 Å². The van der Waals surface area contributed by atoms with Gasteiger partial charge in [-0.25, -0.2) is 0 Å². The fourth-order valence-corrected chi connectivity index (χ4v) is 4.81. The number of anilines is 1. The third kappa shape index (κ3) is 5.26. The van der Waals surface area contributed by atoms with Gasteiger partial charge in [0.05, 0.1) is 29.7 Å². The molecule has 3 rings (SSSR count). The molecule has 8 heteroatoms. The molecule has 0 spiro atoms. The second kappa shape index (κ2) is 9.73. The SMILES string of the molecule is COc1ccc(OC)c(NC(=O)C(C)N2CCN(Cc3ccc(Br)s3)CC2)c1. The van der Waals surface area contributed by atoms with E-state index in [1.807, 2.05) is 13.0 Å². The summed E-state index contributed by atoms with van der Waals surface area (Å²) < 4.78 is 11.8. The van der Waals surface area contributed by atoms with Crippen LogP contribution in [-0.2, 0) is 11.3 Å². The first-order chi connectivity index (χ1) is 13.5. The van der Waals surface area contributed by atoms with Crippen molar-refractivity contribution in [2.24, 2.45) is 0 Å². The zero-order chi connectivity index (χ0) is 20.1. The fraction of sp³-hybridized carbons (Fsp3) is 0.450. The molecule has 1 aromatic carbocycles. The largest absolute Gasteiger partial charge is 0.497 e. The maximum Gasteiger partial charge on any atom is 0.241 e. The van der Waals surface area contributed by atoms with E-state index in [4.69, 9.17) is 9.47 Å². The summed E-state index contributed by atoms with van der Waals surface area (Å²) in [4.78, 5) is 18.8. The van der Waals surface area contributed by atoms with Crippen LogP contribution in [0.15, 0.2) is 34.1 Å². The van der Waals surface area contributed by atoms with Gasteiger partial charge in [0, 0.05) is 43.7 Å². The Bertz CT molecular complexity index is 806. The molecule has 1 aromatic heterocycles. The molecule has 0 aliphatic carbocycles. The molecule has 6 nitrogen and oxygen atoms in total. The molecule has 1 saturated heterocycles. The van der Waals surface area contributed by atoms with E-state index in [0.29, 0.717) is 17.2 Å². The van der Waals surface area contributed by atoms with Crippen molar-refractivity contribution >= 4 is 38.9 Å². The zero-order valence-corrected chi connectivity index (χ0v) is 18.8. The third-order valence-electron chi connectivity index (χ3n) is 5.01. The van der Waals surface area contributed by atoms with Crippen molar-refractivity contribution < 1.29 is 14.3 Å². The number of benzene rings is 1. The molecule has 0 bridgehead atoms. The lowest BCUT2D eigenvalue weighted by molar-refractivity contribution is -0.121. The number of carbonyl (C=O) groups excluding carboxylic acids is 1. The molecule has 1 unspecified atom stereocenters. The Morgan fingerprint density at radius 3 is 2.54 bits per heavy atom. The minimum absolute atomic E-state index is 0.0396. The van der Waals surface area contributed by atoms with E-state index in [0.717, 1.165) is 32.7 Å². The Morgan fingerprint density at radius 1 is 1.18 bits per heavy atom. The average Bonchev–Trinajstić information content (AvgIpc) is 3.12. The van der Waals surface area contributed by atoms with Gasteiger partial charge in [-0.2, -0.15) is 0 Å². The smallest absolute Gasteiger partial charge is 0.241 e. The molecule has 2 aromatic rings. The molecular weight excluding hydrogens is 442 g/mol. The lowest BCUT2D eigenvalue weighted by Gasteiger charge is -2.37. The van der Waals surface area contributed by atoms with Crippen molar-refractivity contribution in [2.75, 3.05) is 45.7 Å². The second-order valence-electron chi connectivity index (χ2n) is 6.75. The second-order valence-corrected chi connectivity index (χ2v) is 9.30. The number of rotatable bonds is 7. The van der Waals surface area contributed by atoms with Crippen LogP contribution in [0.1, 0.15) is 11.8 Å². The van der Waals surface area contributed by atoms with Crippen LogP contribution in [0.4, 0.5) is 5.69 Å². The summed E-state index contributed by atoms with van der Waals surface area (Å²) in [6.07, 6.45) is 0. The molecule has 1 aliphatic heterocycles. The highest BCUT2D eigenvalue weighted by Crippen LogP contribution is 2.29. The van der Waals surface area contributed by atoms with Crippen LogP contribution in [0.25, 0.3) is 0 Å². The summed E-state index contributed by atoms with van der Waals surface area (Å²) in [5.41, 5.74) is 0.626. The predicted molar refractivity (Wildman–Crippen MR) is 117 cm³/mol. The molecule has 0 saturated carbocycles. The van der Waals surface area contributed by atoms with Gasteiger partial charge in [0.25, 0.3) is 0 Å². The maximum absolute atomic E-state index is 12.8. The van der Waals surface area contributed by atoms with E-state index in [1.165, 1.54) is 8.66 Å². The summed E-state index contributed by atoms with van der Waals surface area (Å²) in [5, 5.41) is 2.98. The standard InChI is InChI=1S/C20H26BrN3O3S/c1-14(20(25)22-17-12-15(26-2)4-6-18(17)27-3)24-10-8-23(9-11-24)13-16-5-7-19(21)28-16/h4-7,12,14H,8-11,13H2,1-3H3,(H,22,25). The van der Waals surface area contributed by atoms with Crippen molar-refractivity contribution in [1.82, 2.24) is 9.80 Å². The van der Waals surface area contributed by atoms with Gasteiger partial charge in [0.2, 0.25) is 5.91 Å². The van der Waals surface area contributed by atoms with E-state index in [2.05, 4.69) is 43.2 Å². The van der Waals surface area contributed by atoms with Crippen LogP contribution in [0.5, 0.6) is 11.5 Å². The highest BCUT2D eigenvalue weighted by Gasteiger charge is 2.26. The highest BCUT2D eigenvalue weighted by atomic mass is 79.9. The van der Waals surface area contributed by atoms with E-state index >= 15 is 0 Å². The molecule has 2 heterocycles. The Morgan fingerprint density at radius 2 is 1.93 bits per heavy atom. The molecule has 1 atom stereocenters. The Hall–Kier alpha value is -1.61. The molecular formula is C20H26BrN3O3S. The molecule has 1 aliphatic rings. The van der Waals surface area contributed by atoms with E-state index in [9.17, 15) is 4.79 Å². The Kier molecular flexibility index (Phi) is 7.34. The van der Waals surface area contributed by atoms with Crippen LogP contribution in [-0.4, -0.2) is 62.1 Å². The van der Waals surface area contributed by atoms with Gasteiger partial charge in [-0.05, 0) is 47.1 Å². The number of thiophene rings is 1. The molecule has 152 valence electrons. The summed E-state index contributed by atoms with van der Waals surface area (Å²) in [6.45, 7) is 6.57. The first-order valence-corrected chi connectivity index (χ1v) is 10.8. The first kappa shape index (κ1) is 21.1. The molecule has 1 amide bonds. The summed E-state index contributed by atoms with van der Waals surface area (Å²) in [5.74, 6) is 1.26. The van der Waals surface area contributed by atoms with Gasteiger partial charge >= 0.3 is 0 Å². The number of nitrogens with one attached hydrogen (secondary N) is 1. The van der Waals surface area contributed by atoms with Crippen LogP contribution in [0.3, 0.4) is 0 Å². The first-order valence-electron chi connectivity index (χ1n) is 9.23. The third-order valence-corrected chi connectivity index (χ3v) is 6.62. The number of methoxy groups -OCH3 is 2. The van der Waals surface area contributed by atoms with Gasteiger partial charge in [-0.3, -0.25) is 14.6 Å². The number of nitrogens with zero attached hydrogens (tertiary/aromatic N) is 2. The fourth-order valence-electron chi connectivity index (χ4n) is 3.28. The highest BCUT2D eigenvalue weighted by molar-refractivity contribution is 9.11. The molecule has 1 fully saturated rings. The molecule has 0 radical (unpaired) electrons. The summed E-state index contributed by atoms with van der Waals surface area (Å²) in [6, 6.07) is 9.42. The minimum Gasteiger partial charge on any atom is -0.497 e. The van der Waals surface area contributed by atoms with Gasteiger partial charge in [-0.1, -0.05) is 0 Å². The monoisotopic (exact) mass is 467 g/mol. The Balaban J connectivity index is 1.54. The number of halogens is 1. The number of piperazine rings is 1. The van der Waals surface area contributed by atoms with Crippen molar-refractivity contribution in [2.45, 2.75) is 19.5 Å². The predicted octanol–water partition coefficient (Wildman–Crippen LogP) is 3.67. The van der Waals surface area contributed by atoms with Gasteiger partial charge in [0.1, 0.15) is 11.5 Å². The number of amides is 1. The van der Waals surface area contributed by atoms with E-state index < -0.39 is 0 Å². The number of carbonyl (C=O) groups is 1. The van der Waals surface area contributed by atoms with Gasteiger partial charge in [-0.15, -0.1) is 11.3 Å². The lowest BCUT2D eigenvalue weighted by atomic mass is 10.2. The zero-order valence-electron chi connectivity index (χ0n) is 16.4. The Labute approximate surface area is 178 Å². The quantitative estimate of drug-likeness (QED) is 0.672. The molecule has 1 N–H and O–H groups in total. The van der Waals surface area contributed by atoms with Crippen molar-refractivity contribution in [3.05, 3.63) is 39.0 Å². The van der Waals surface area contributed by atoms with Crippen LogP contribution in [0, 0.1) is 0 Å². The maximum atomic E-state index is 12.8. The van der Waals surface area contributed by atoms with E-state index in [-0.39, 0.29) is 11.9 Å². The normalized spacial score (nSPS) is 16.6. The lowest BCUT2D eigenvalue weighted by Crippen LogP contribution is -2.52. The summed E-state index contributed by atoms with van der Waals surface area (Å²) >= 11 is 5.29. The molecule has 28 heavy (non-hydrogen) atoms. The van der Waals surface area contributed by atoms with Crippen LogP contribution < -0.4 is 14.8 Å². The van der Waals surface area contributed by atoms with Crippen LogP contribution >= 0.6 is 27.3 Å². The van der Waals surface area contributed by atoms with Crippen LogP contribution in [0.2, 0.25) is 0 Å².